The highest BCUT2D eigenvalue weighted by atomic mass is 32.2. The number of para-hydroxylation sites is 3. The van der Waals surface area contributed by atoms with Crippen molar-refractivity contribution in [3.8, 4) is 33.4 Å². The van der Waals surface area contributed by atoms with E-state index < -0.39 is 0 Å². The molecular formula is C54H36N2OS. The minimum atomic E-state index is 0.867. The maximum absolute atomic E-state index is 6.40. The number of hydrogen-bond acceptors (Lipinski definition) is 4. The Morgan fingerprint density at radius 1 is 0.362 bits per heavy atom. The van der Waals surface area contributed by atoms with Gasteiger partial charge < -0.3 is 14.2 Å². The highest BCUT2D eigenvalue weighted by molar-refractivity contribution is 7.99. The molecule has 0 atom stereocenters. The Kier molecular flexibility index (Phi) is 8.41. The second kappa shape index (κ2) is 14.3. The van der Waals surface area contributed by atoms with E-state index in [1.165, 1.54) is 49.0 Å². The Labute approximate surface area is 342 Å². The van der Waals surface area contributed by atoms with Crippen LogP contribution in [0.4, 0.5) is 34.1 Å². The van der Waals surface area contributed by atoms with Gasteiger partial charge in [0, 0.05) is 49.4 Å². The second-order valence-corrected chi connectivity index (χ2v) is 15.6. The minimum Gasteiger partial charge on any atom is -0.456 e. The molecule has 10 aromatic rings. The molecule has 1 aliphatic rings. The van der Waals surface area contributed by atoms with Crippen LogP contribution in [0.2, 0.25) is 0 Å². The lowest BCUT2D eigenvalue weighted by Crippen LogP contribution is -2.15. The number of anilines is 6. The Morgan fingerprint density at radius 2 is 0.897 bits per heavy atom. The van der Waals surface area contributed by atoms with Crippen LogP contribution in [-0.4, -0.2) is 0 Å². The molecule has 11 rings (SSSR count). The zero-order chi connectivity index (χ0) is 38.4. The molecule has 0 N–H and O–H groups in total. The van der Waals surface area contributed by atoms with E-state index in [-0.39, 0.29) is 0 Å². The highest BCUT2D eigenvalue weighted by Gasteiger charge is 2.27. The van der Waals surface area contributed by atoms with Gasteiger partial charge >= 0.3 is 0 Å². The van der Waals surface area contributed by atoms with Crippen molar-refractivity contribution in [3.63, 3.8) is 0 Å². The number of nitrogens with zero attached hydrogens (tertiary/aromatic N) is 2. The molecule has 0 spiro atoms. The Morgan fingerprint density at radius 3 is 1.64 bits per heavy atom. The van der Waals surface area contributed by atoms with Crippen LogP contribution in [0.25, 0.3) is 55.3 Å². The molecule has 0 saturated heterocycles. The summed E-state index contributed by atoms with van der Waals surface area (Å²) in [6.45, 7) is 0. The zero-order valence-corrected chi connectivity index (χ0v) is 32.3. The Bertz CT molecular complexity index is 3070. The van der Waals surface area contributed by atoms with Crippen molar-refractivity contribution in [1.29, 1.82) is 0 Å². The van der Waals surface area contributed by atoms with Gasteiger partial charge in [0.1, 0.15) is 11.2 Å². The number of fused-ring (bicyclic) bond motifs is 5. The van der Waals surface area contributed by atoms with E-state index in [2.05, 4.69) is 216 Å². The van der Waals surface area contributed by atoms with Gasteiger partial charge in [-0.2, -0.15) is 0 Å². The van der Waals surface area contributed by atoms with Gasteiger partial charge in [-0.25, -0.2) is 0 Å². The fourth-order valence-electron chi connectivity index (χ4n) is 8.28. The van der Waals surface area contributed by atoms with Gasteiger partial charge in [0.25, 0.3) is 0 Å². The fourth-order valence-corrected chi connectivity index (χ4v) is 9.36. The summed E-state index contributed by atoms with van der Waals surface area (Å²) in [5.41, 5.74) is 15.5. The quantitative estimate of drug-likeness (QED) is 0.161. The maximum atomic E-state index is 6.40. The van der Waals surface area contributed by atoms with Crippen LogP contribution in [0.3, 0.4) is 0 Å². The monoisotopic (exact) mass is 760 g/mol. The molecule has 4 heteroatoms. The molecule has 0 amide bonds. The molecule has 9 aromatic carbocycles. The van der Waals surface area contributed by atoms with E-state index in [4.69, 9.17) is 4.42 Å². The van der Waals surface area contributed by atoms with Crippen LogP contribution < -0.4 is 9.80 Å². The van der Waals surface area contributed by atoms with Crippen molar-refractivity contribution < 1.29 is 4.42 Å². The first-order chi connectivity index (χ1) is 28.7. The second-order valence-electron chi connectivity index (χ2n) is 14.5. The first-order valence-electron chi connectivity index (χ1n) is 19.6. The zero-order valence-electron chi connectivity index (χ0n) is 31.5. The van der Waals surface area contributed by atoms with Crippen molar-refractivity contribution in [1.82, 2.24) is 0 Å². The Hall–Kier alpha value is -7.27. The predicted molar refractivity (Wildman–Crippen MR) is 244 cm³/mol. The van der Waals surface area contributed by atoms with Gasteiger partial charge in [0.15, 0.2) is 0 Å². The standard InChI is InChI=1S/C54H36N2OS/c1-4-14-37(15-5-1)38-24-28-42(29-25-38)55(44-32-33-46-45-20-10-12-22-51(45)57-52(46)34-44)43-30-26-40(27-31-43)48-36-54-50(35-47(48)39-16-6-2-7-17-39)56(41-18-8-3-9-19-41)49-21-11-13-23-53(49)58-54/h1-36H. The summed E-state index contributed by atoms with van der Waals surface area (Å²) in [5.74, 6) is 0. The lowest BCUT2D eigenvalue weighted by molar-refractivity contribution is 0.669. The van der Waals surface area contributed by atoms with Crippen LogP contribution in [0, 0.1) is 0 Å². The summed E-state index contributed by atoms with van der Waals surface area (Å²) in [6, 6.07) is 78.1. The molecule has 0 unspecified atom stereocenters. The maximum Gasteiger partial charge on any atom is 0.137 e. The van der Waals surface area contributed by atoms with E-state index in [1.807, 2.05) is 23.9 Å². The van der Waals surface area contributed by atoms with Gasteiger partial charge in [0.2, 0.25) is 0 Å². The first kappa shape index (κ1) is 34.0. The minimum absolute atomic E-state index is 0.867. The third-order valence-corrected chi connectivity index (χ3v) is 12.2. The molecule has 0 aliphatic carbocycles. The van der Waals surface area contributed by atoms with Crippen LogP contribution in [0.1, 0.15) is 0 Å². The van der Waals surface area contributed by atoms with Crippen molar-refractivity contribution in [2.24, 2.45) is 0 Å². The van der Waals surface area contributed by atoms with E-state index >= 15 is 0 Å². The fraction of sp³-hybridized carbons (Fsp3) is 0. The summed E-state index contributed by atoms with van der Waals surface area (Å²) in [4.78, 5) is 7.18. The van der Waals surface area contributed by atoms with Crippen molar-refractivity contribution in [3.05, 3.63) is 218 Å². The molecule has 2 heterocycles. The lowest BCUT2D eigenvalue weighted by atomic mass is 9.93. The topological polar surface area (TPSA) is 19.6 Å². The van der Waals surface area contributed by atoms with Crippen LogP contribution in [-0.2, 0) is 0 Å². The number of hydrogen-bond donors (Lipinski definition) is 0. The molecule has 0 saturated carbocycles. The number of rotatable bonds is 7. The van der Waals surface area contributed by atoms with Gasteiger partial charge in [-0.1, -0.05) is 145 Å². The van der Waals surface area contributed by atoms with Gasteiger partial charge in [-0.3, -0.25) is 0 Å². The smallest absolute Gasteiger partial charge is 0.137 e. The predicted octanol–water partition coefficient (Wildman–Crippen LogP) is 16.0. The van der Waals surface area contributed by atoms with Gasteiger partial charge in [-0.05, 0) is 112 Å². The first-order valence-corrected chi connectivity index (χ1v) is 20.4. The summed E-state index contributed by atoms with van der Waals surface area (Å²) in [5, 5.41) is 2.24. The van der Waals surface area contributed by atoms with Crippen LogP contribution in [0.15, 0.2) is 233 Å². The summed E-state index contributed by atoms with van der Waals surface area (Å²) in [6.07, 6.45) is 0. The third kappa shape index (κ3) is 6.03. The van der Waals surface area contributed by atoms with Crippen molar-refractivity contribution in [2.45, 2.75) is 9.79 Å². The largest absolute Gasteiger partial charge is 0.456 e. The van der Waals surface area contributed by atoms with Crippen LogP contribution in [0.5, 0.6) is 0 Å². The van der Waals surface area contributed by atoms with Gasteiger partial charge in [-0.15, -0.1) is 0 Å². The molecule has 274 valence electrons. The lowest BCUT2D eigenvalue weighted by Gasteiger charge is -2.34. The molecule has 0 fully saturated rings. The average molecular weight is 761 g/mol. The van der Waals surface area contributed by atoms with E-state index in [9.17, 15) is 0 Å². The Balaban J connectivity index is 1.04. The molecule has 58 heavy (non-hydrogen) atoms. The summed E-state index contributed by atoms with van der Waals surface area (Å²) in [7, 11) is 0. The highest BCUT2D eigenvalue weighted by Crippen LogP contribution is 2.54. The molecule has 1 aliphatic heterocycles. The SMILES string of the molecule is c1ccc(-c2ccc(N(c3ccc(-c4cc5c(cc4-c4ccccc4)N(c4ccccc4)c4ccccc4S5)cc3)c3ccc4c(c3)oc3ccccc34)cc2)cc1. The summed E-state index contributed by atoms with van der Waals surface area (Å²) >= 11 is 1.84. The van der Waals surface area contributed by atoms with E-state index in [0.29, 0.717) is 0 Å². The van der Waals surface area contributed by atoms with E-state index in [0.717, 1.165) is 50.3 Å². The third-order valence-electron chi connectivity index (χ3n) is 11.1. The molecule has 0 radical (unpaired) electrons. The summed E-state index contributed by atoms with van der Waals surface area (Å²) < 4.78 is 6.40. The molecule has 3 nitrogen and oxygen atoms in total. The van der Waals surface area contributed by atoms with Crippen LogP contribution >= 0.6 is 11.8 Å². The van der Waals surface area contributed by atoms with E-state index in [1.54, 1.807) is 0 Å². The molecular weight excluding hydrogens is 725 g/mol. The van der Waals surface area contributed by atoms with Gasteiger partial charge in [0.05, 0.1) is 11.4 Å². The normalized spacial score (nSPS) is 12.0. The molecule has 1 aromatic heterocycles. The molecule has 0 bridgehead atoms. The number of furan rings is 1. The number of benzene rings is 9. The average Bonchev–Trinajstić information content (AvgIpc) is 3.67. The van der Waals surface area contributed by atoms with Crippen molar-refractivity contribution >= 4 is 67.8 Å². The van der Waals surface area contributed by atoms with Crippen molar-refractivity contribution in [2.75, 3.05) is 9.80 Å².